The van der Waals surface area contributed by atoms with Gasteiger partial charge >= 0.3 is 0 Å². The highest BCUT2D eigenvalue weighted by atomic mass is 19.1. The Morgan fingerprint density at radius 1 is 1.25 bits per heavy atom. The molecule has 4 nitrogen and oxygen atoms in total. The number of H-pyrrole nitrogens is 1. The van der Waals surface area contributed by atoms with Gasteiger partial charge in [-0.05, 0) is 31.2 Å². The SMILES string of the molecule is C#Cc1cccc(C(=NCc2n[nH]c(C)n2)c2ccccc2F)c1. The van der Waals surface area contributed by atoms with Crippen molar-refractivity contribution in [1.29, 1.82) is 0 Å². The van der Waals surface area contributed by atoms with Gasteiger partial charge in [0.25, 0.3) is 0 Å². The summed E-state index contributed by atoms with van der Waals surface area (Å²) in [6.45, 7) is 2.06. The van der Waals surface area contributed by atoms with Crippen LogP contribution in [0.5, 0.6) is 0 Å². The third kappa shape index (κ3) is 3.39. The van der Waals surface area contributed by atoms with Crippen LogP contribution in [-0.4, -0.2) is 20.9 Å². The van der Waals surface area contributed by atoms with Gasteiger partial charge in [0.05, 0.1) is 5.71 Å². The first-order valence-corrected chi connectivity index (χ1v) is 7.41. The lowest BCUT2D eigenvalue weighted by molar-refractivity contribution is 0.625. The molecule has 118 valence electrons. The average Bonchev–Trinajstić information content (AvgIpc) is 3.02. The first-order chi connectivity index (χ1) is 11.7. The average molecular weight is 318 g/mol. The number of hydrogen-bond donors (Lipinski definition) is 1. The highest BCUT2D eigenvalue weighted by Crippen LogP contribution is 2.16. The maximum atomic E-state index is 14.3. The number of halogens is 1. The second-order valence-corrected chi connectivity index (χ2v) is 5.21. The van der Waals surface area contributed by atoms with Gasteiger partial charge in [0.1, 0.15) is 18.2 Å². The summed E-state index contributed by atoms with van der Waals surface area (Å²) < 4.78 is 14.3. The molecule has 0 aliphatic rings. The van der Waals surface area contributed by atoms with E-state index in [2.05, 4.69) is 26.1 Å². The summed E-state index contributed by atoms with van der Waals surface area (Å²) in [5.74, 6) is 3.51. The Morgan fingerprint density at radius 2 is 2.08 bits per heavy atom. The number of rotatable bonds is 4. The van der Waals surface area contributed by atoms with Gasteiger partial charge < -0.3 is 0 Å². The molecule has 24 heavy (non-hydrogen) atoms. The molecule has 0 saturated carbocycles. The molecular weight excluding hydrogens is 303 g/mol. The number of nitrogens with zero attached hydrogens (tertiary/aromatic N) is 3. The van der Waals surface area contributed by atoms with Gasteiger partial charge in [-0.15, -0.1) is 6.42 Å². The van der Waals surface area contributed by atoms with Crippen molar-refractivity contribution in [3.05, 3.63) is 82.7 Å². The predicted molar refractivity (Wildman–Crippen MR) is 91.2 cm³/mol. The van der Waals surface area contributed by atoms with E-state index in [4.69, 9.17) is 6.42 Å². The summed E-state index contributed by atoms with van der Waals surface area (Å²) >= 11 is 0. The van der Waals surface area contributed by atoms with Crippen LogP contribution < -0.4 is 0 Å². The smallest absolute Gasteiger partial charge is 0.172 e. The lowest BCUT2D eigenvalue weighted by atomic mass is 10.00. The maximum absolute atomic E-state index is 14.3. The molecule has 0 unspecified atom stereocenters. The number of terminal acetylenes is 1. The van der Waals surface area contributed by atoms with Gasteiger partial charge in [-0.25, -0.2) is 9.37 Å². The molecule has 1 aromatic heterocycles. The zero-order valence-corrected chi connectivity index (χ0v) is 13.1. The second kappa shape index (κ2) is 6.88. The summed E-state index contributed by atoms with van der Waals surface area (Å²) in [5, 5.41) is 6.83. The Balaban J connectivity index is 2.06. The van der Waals surface area contributed by atoms with E-state index in [9.17, 15) is 4.39 Å². The first-order valence-electron chi connectivity index (χ1n) is 7.41. The molecule has 0 aliphatic carbocycles. The van der Waals surface area contributed by atoms with E-state index in [1.165, 1.54) is 6.07 Å². The number of benzene rings is 2. The Bertz CT molecular complexity index is 934. The Kier molecular flexibility index (Phi) is 4.48. The van der Waals surface area contributed by atoms with Crippen LogP contribution in [0.25, 0.3) is 0 Å². The van der Waals surface area contributed by atoms with E-state index in [0.717, 1.165) is 5.56 Å². The molecule has 0 fully saturated rings. The second-order valence-electron chi connectivity index (χ2n) is 5.21. The van der Waals surface area contributed by atoms with Gasteiger partial charge in [-0.2, -0.15) is 5.10 Å². The van der Waals surface area contributed by atoms with Crippen molar-refractivity contribution in [2.75, 3.05) is 0 Å². The van der Waals surface area contributed by atoms with E-state index < -0.39 is 0 Å². The largest absolute Gasteiger partial charge is 0.276 e. The van der Waals surface area contributed by atoms with E-state index in [-0.39, 0.29) is 12.4 Å². The van der Waals surface area contributed by atoms with Crippen LogP contribution >= 0.6 is 0 Å². The minimum absolute atomic E-state index is 0.244. The molecule has 3 aromatic rings. The van der Waals surface area contributed by atoms with Gasteiger partial charge in [0, 0.05) is 16.7 Å². The molecule has 0 amide bonds. The van der Waals surface area contributed by atoms with Crippen molar-refractivity contribution in [3.8, 4) is 12.3 Å². The summed E-state index contributed by atoms with van der Waals surface area (Å²) in [7, 11) is 0. The van der Waals surface area contributed by atoms with Crippen molar-refractivity contribution < 1.29 is 4.39 Å². The van der Waals surface area contributed by atoms with Crippen molar-refractivity contribution in [2.24, 2.45) is 4.99 Å². The zero-order chi connectivity index (χ0) is 16.9. The fraction of sp³-hybridized carbons (Fsp3) is 0.105. The fourth-order valence-corrected chi connectivity index (χ4v) is 2.35. The normalized spacial score (nSPS) is 11.3. The summed E-state index contributed by atoms with van der Waals surface area (Å²) in [4.78, 5) is 8.77. The Labute approximate surface area is 139 Å². The van der Waals surface area contributed by atoms with Gasteiger partial charge in [0.15, 0.2) is 5.82 Å². The minimum atomic E-state index is -0.339. The standard InChI is InChI=1S/C19H15FN4/c1-3-14-7-6-8-15(11-14)19(16-9-4-5-10-17(16)20)21-12-18-22-13(2)23-24-18/h1,4-11H,12H2,2H3,(H,22,23,24). The number of nitrogens with one attached hydrogen (secondary N) is 1. The number of aliphatic imine (C=N–C) groups is 1. The zero-order valence-electron chi connectivity index (χ0n) is 13.1. The van der Waals surface area contributed by atoms with Crippen LogP contribution in [0.15, 0.2) is 53.5 Å². The molecule has 0 atom stereocenters. The van der Waals surface area contributed by atoms with Crippen molar-refractivity contribution >= 4 is 5.71 Å². The molecule has 0 spiro atoms. The molecule has 1 heterocycles. The minimum Gasteiger partial charge on any atom is -0.276 e. The summed E-state index contributed by atoms with van der Waals surface area (Å²) in [5.41, 5.74) is 2.40. The van der Waals surface area contributed by atoms with E-state index in [1.54, 1.807) is 18.2 Å². The van der Waals surface area contributed by atoms with E-state index >= 15 is 0 Å². The Morgan fingerprint density at radius 3 is 2.79 bits per heavy atom. The molecule has 0 radical (unpaired) electrons. The molecule has 0 saturated heterocycles. The van der Waals surface area contributed by atoms with Crippen molar-refractivity contribution in [2.45, 2.75) is 13.5 Å². The first kappa shape index (κ1) is 15.6. The fourth-order valence-electron chi connectivity index (χ4n) is 2.35. The number of aryl methyl sites for hydroxylation is 1. The maximum Gasteiger partial charge on any atom is 0.172 e. The molecule has 0 bridgehead atoms. The third-order valence-corrected chi connectivity index (χ3v) is 3.45. The van der Waals surface area contributed by atoms with Crippen LogP contribution in [0.1, 0.15) is 28.3 Å². The lowest BCUT2D eigenvalue weighted by Gasteiger charge is -2.09. The van der Waals surface area contributed by atoms with Gasteiger partial charge in [0.2, 0.25) is 0 Å². The van der Waals surface area contributed by atoms with Crippen LogP contribution in [0.2, 0.25) is 0 Å². The lowest BCUT2D eigenvalue weighted by Crippen LogP contribution is -2.07. The van der Waals surface area contributed by atoms with Gasteiger partial charge in [-0.1, -0.05) is 30.2 Å². The van der Waals surface area contributed by atoms with Crippen LogP contribution in [0.3, 0.4) is 0 Å². The number of aromatic nitrogens is 3. The van der Waals surface area contributed by atoms with Crippen molar-refractivity contribution in [1.82, 2.24) is 15.2 Å². The number of aromatic amines is 1. The number of hydrogen-bond acceptors (Lipinski definition) is 3. The molecule has 1 N–H and O–H groups in total. The molecule has 2 aromatic carbocycles. The predicted octanol–water partition coefficient (Wildman–Crippen LogP) is 3.27. The van der Waals surface area contributed by atoms with Crippen LogP contribution in [0, 0.1) is 25.1 Å². The molecule has 0 aliphatic heterocycles. The quantitative estimate of drug-likeness (QED) is 0.593. The highest BCUT2D eigenvalue weighted by Gasteiger charge is 2.12. The van der Waals surface area contributed by atoms with E-state index in [0.29, 0.717) is 28.5 Å². The Hall–Kier alpha value is -3.26. The third-order valence-electron chi connectivity index (χ3n) is 3.45. The van der Waals surface area contributed by atoms with Gasteiger partial charge in [-0.3, -0.25) is 10.1 Å². The van der Waals surface area contributed by atoms with E-state index in [1.807, 2.05) is 31.2 Å². The molecule has 5 heteroatoms. The van der Waals surface area contributed by atoms with Crippen LogP contribution in [0.4, 0.5) is 4.39 Å². The van der Waals surface area contributed by atoms with Crippen molar-refractivity contribution in [3.63, 3.8) is 0 Å². The molecular formula is C19H15FN4. The highest BCUT2D eigenvalue weighted by molar-refractivity contribution is 6.13. The van der Waals surface area contributed by atoms with Crippen LogP contribution in [-0.2, 0) is 6.54 Å². The topological polar surface area (TPSA) is 53.9 Å². The summed E-state index contributed by atoms with van der Waals surface area (Å²) in [6.07, 6.45) is 5.47. The monoisotopic (exact) mass is 318 g/mol. The molecule has 3 rings (SSSR count). The summed E-state index contributed by atoms with van der Waals surface area (Å²) in [6, 6.07) is 13.8.